The summed E-state index contributed by atoms with van der Waals surface area (Å²) >= 11 is 0. The predicted octanol–water partition coefficient (Wildman–Crippen LogP) is 2.27. The summed E-state index contributed by atoms with van der Waals surface area (Å²) in [7, 11) is 0. The Balaban J connectivity index is 1.80. The van der Waals surface area contributed by atoms with Crippen LogP contribution in [0.4, 0.5) is 0 Å². The van der Waals surface area contributed by atoms with Crippen LogP contribution < -0.4 is 5.32 Å². The Morgan fingerprint density at radius 2 is 1.62 bits per heavy atom. The van der Waals surface area contributed by atoms with E-state index in [1.54, 1.807) is 0 Å². The predicted molar refractivity (Wildman–Crippen MR) is 54.4 cm³/mol. The molecule has 4 aliphatic heterocycles. The largest absolute Gasteiger partial charge is 0.310 e. The summed E-state index contributed by atoms with van der Waals surface area (Å²) in [5, 5.41) is 3.86. The molecule has 0 spiro atoms. The Bertz CT molecular complexity index is 195. The van der Waals surface area contributed by atoms with Crippen LogP contribution in [0.5, 0.6) is 0 Å². The summed E-state index contributed by atoms with van der Waals surface area (Å²) in [6, 6.07) is 1.71. The standard InChI is InChI=1S/C12H21N/c1-6-9-4-10-7(2)12(8(10)3)13-11(6)5-9/h6-13H,4-5H2,1-3H3. The Labute approximate surface area is 81.3 Å². The van der Waals surface area contributed by atoms with E-state index in [1.807, 2.05) is 0 Å². The Hall–Kier alpha value is -0.0400. The summed E-state index contributed by atoms with van der Waals surface area (Å²) in [4.78, 5) is 0. The van der Waals surface area contributed by atoms with Crippen LogP contribution in [-0.2, 0) is 0 Å². The highest BCUT2D eigenvalue weighted by atomic mass is 15.0. The van der Waals surface area contributed by atoms with E-state index in [2.05, 4.69) is 26.1 Å². The molecule has 4 heterocycles. The molecule has 1 nitrogen and oxygen atoms in total. The van der Waals surface area contributed by atoms with Crippen molar-refractivity contribution in [1.29, 1.82) is 0 Å². The molecule has 74 valence electrons. The third-order valence-corrected chi connectivity index (χ3v) is 5.40. The molecule has 4 saturated heterocycles. The molecule has 5 atom stereocenters. The lowest BCUT2D eigenvalue weighted by atomic mass is 9.52. The van der Waals surface area contributed by atoms with Crippen molar-refractivity contribution in [3.63, 3.8) is 0 Å². The van der Waals surface area contributed by atoms with Gasteiger partial charge in [0, 0.05) is 12.1 Å². The van der Waals surface area contributed by atoms with Crippen molar-refractivity contribution in [1.82, 2.24) is 5.32 Å². The van der Waals surface area contributed by atoms with E-state index in [9.17, 15) is 0 Å². The first kappa shape index (κ1) is 8.28. The second kappa shape index (κ2) is 2.50. The van der Waals surface area contributed by atoms with Crippen LogP contribution in [0.25, 0.3) is 0 Å². The fraction of sp³-hybridized carbons (Fsp3) is 1.00. The molecule has 4 bridgehead atoms. The van der Waals surface area contributed by atoms with Crippen LogP contribution in [0, 0.1) is 29.6 Å². The van der Waals surface area contributed by atoms with Gasteiger partial charge in [-0.1, -0.05) is 20.8 Å². The van der Waals surface area contributed by atoms with Gasteiger partial charge in [-0.05, 0) is 42.4 Å². The van der Waals surface area contributed by atoms with E-state index in [1.165, 1.54) is 12.8 Å². The molecular weight excluding hydrogens is 158 g/mol. The maximum absolute atomic E-state index is 3.86. The summed E-state index contributed by atoms with van der Waals surface area (Å²) in [5.41, 5.74) is 0. The van der Waals surface area contributed by atoms with Crippen molar-refractivity contribution in [2.75, 3.05) is 0 Å². The highest BCUT2D eigenvalue weighted by Gasteiger charge is 2.53. The Morgan fingerprint density at radius 3 is 2.23 bits per heavy atom. The number of rotatable bonds is 0. The lowest BCUT2D eigenvalue weighted by Gasteiger charge is -2.60. The maximum Gasteiger partial charge on any atom is 0.0126 e. The van der Waals surface area contributed by atoms with Gasteiger partial charge < -0.3 is 5.32 Å². The van der Waals surface area contributed by atoms with E-state index in [4.69, 9.17) is 0 Å². The van der Waals surface area contributed by atoms with Crippen molar-refractivity contribution in [3.05, 3.63) is 0 Å². The van der Waals surface area contributed by atoms with Gasteiger partial charge in [-0.3, -0.25) is 0 Å². The van der Waals surface area contributed by atoms with Gasteiger partial charge in [0.25, 0.3) is 0 Å². The van der Waals surface area contributed by atoms with Gasteiger partial charge in [0.15, 0.2) is 0 Å². The normalized spacial score (nSPS) is 64.4. The fourth-order valence-electron chi connectivity index (χ4n) is 4.09. The first-order valence-corrected chi connectivity index (χ1v) is 5.94. The molecule has 2 saturated carbocycles. The van der Waals surface area contributed by atoms with Gasteiger partial charge in [-0.2, -0.15) is 0 Å². The molecule has 0 aromatic rings. The molecule has 5 unspecified atom stereocenters. The highest BCUT2D eigenvalue weighted by Crippen LogP contribution is 2.52. The third kappa shape index (κ3) is 0.918. The topological polar surface area (TPSA) is 12.0 Å². The average Bonchev–Trinajstić information content (AvgIpc) is 2.08. The molecule has 2 aliphatic carbocycles. The van der Waals surface area contributed by atoms with Crippen molar-refractivity contribution < 1.29 is 0 Å². The van der Waals surface area contributed by atoms with Crippen LogP contribution in [0.1, 0.15) is 33.6 Å². The minimum absolute atomic E-state index is 0.846. The van der Waals surface area contributed by atoms with Gasteiger partial charge in [0.1, 0.15) is 0 Å². The first-order chi connectivity index (χ1) is 6.18. The molecule has 0 radical (unpaired) electrons. The van der Waals surface area contributed by atoms with E-state index in [-0.39, 0.29) is 0 Å². The van der Waals surface area contributed by atoms with Gasteiger partial charge in [-0.15, -0.1) is 0 Å². The molecule has 1 N–H and O–H groups in total. The van der Waals surface area contributed by atoms with E-state index in [0.29, 0.717) is 0 Å². The monoisotopic (exact) mass is 179 g/mol. The van der Waals surface area contributed by atoms with Crippen molar-refractivity contribution in [3.8, 4) is 0 Å². The van der Waals surface area contributed by atoms with Crippen LogP contribution in [0.2, 0.25) is 0 Å². The lowest BCUT2D eigenvalue weighted by Crippen LogP contribution is -2.67. The first-order valence-electron chi connectivity index (χ1n) is 5.94. The lowest BCUT2D eigenvalue weighted by molar-refractivity contribution is -0.0698. The number of hydrogen-bond donors (Lipinski definition) is 1. The third-order valence-electron chi connectivity index (χ3n) is 5.40. The SMILES string of the molecule is CC1C2CC1NC1C(C)C(C2)C1C. The summed E-state index contributed by atoms with van der Waals surface area (Å²) in [5.74, 6) is 4.95. The van der Waals surface area contributed by atoms with Gasteiger partial charge in [0.2, 0.25) is 0 Å². The summed E-state index contributed by atoms with van der Waals surface area (Å²) in [6.45, 7) is 7.32. The molecule has 6 aliphatic rings. The van der Waals surface area contributed by atoms with E-state index in [0.717, 1.165) is 41.7 Å². The molecule has 13 heavy (non-hydrogen) atoms. The van der Waals surface area contributed by atoms with Gasteiger partial charge in [-0.25, -0.2) is 0 Å². The van der Waals surface area contributed by atoms with Crippen LogP contribution in [0.3, 0.4) is 0 Å². The average molecular weight is 179 g/mol. The number of hydrogen-bond acceptors (Lipinski definition) is 1. The molecule has 6 rings (SSSR count). The minimum atomic E-state index is 0.846. The van der Waals surface area contributed by atoms with Crippen LogP contribution in [0.15, 0.2) is 0 Å². The highest BCUT2D eigenvalue weighted by molar-refractivity contribution is 5.07. The van der Waals surface area contributed by atoms with Crippen LogP contribution >= 0.6 is 0 Å². The van der Waals surface area contributed by atoms with Gasteiger partial charge in [0.05, 0.1) is 0 Å². The van der Waals surface area contributed by atoms with Crippen molar-refractivity contribution in [2.45, 2.75) is 45.7 Å². The van der Waals surface area contributed by atoms with E-state index < -0.39 is 0 Å². The fourth-order valence-corrected chi connectivity index (χ4v) is 4.09. The Morgan fingerprint density at radius 1 is 0.923 bits per heavy atom. The zero-order valence-corrected chi connectivity index (χ0v) is 8.96. The zero-order chi connectivity index (χ0) is 9.16. The quantitative estimate of drug-likeness (QED) is 0.601. The molecule has 0 aromatic carbocycles. The van der Waals surface area contributed by atoms with Crippen molar-refractivity contribution >= 4 is 0 Å². The molecule has 6 fully saturated rings. The summed E-state index contributed by atoms with van der Waals surface area (Å²) < 4.78 is 0. The second-order valence-corrected chi connectivity index (χ2v) is 5.77. The molecule has 0 aromatic heterocycles. The summed E-state index contributed by atoms with van der Waals surface area (Å²) in [6.07, 6.45) is 2.99. The molecule has 1 heteroatoms. The minimum Gasteiger partial charge on any atom is -0.310 e. The van der Waals surface area contributed by atoms with Gasteiger partial charge >= 0.3 is 0 Å². The number of nitrogens with one attached hydrogen (secondary N) is 1. The smallest absolute Gasteiger partial charge is 0.0126 e. The maximum atomic E-state index is 3.86. The molecular formula is C12H21N. The van der Waals surface area contributed by atoms with E-state index >= 15 is 0 Å². The zero-order valence-electron chi connectivity index (χ0n) is 8.96. The van der Waals surface area contributed by atoms with Crippen molar-refractivity contribution in [2.24, 2.45) is 29.6 Å². The Kier molecular flexibility index (Phi) is 1.59. The second-order valence-electron chi connectivity index (χ2n) is 5.77. The molecule has 0 amide bonds. The van der Waals surface area contributed by atoms with Crippen LogP contribution in [-0.4, -0.2) is 12.1 Å².